The fourth-order valence-electron chi connectivity index (χ4n) is 2.69. The number of benzene rings is 2. The van der Waals surface area contributed by atoms with Crippen LogP contribution in [0, 0.1) is 0 Å². The van der Waals surface area contributed by atoms with Crippen LogP contribution < -0.4 is 10.7 Å². The van der Waals surface area contributed by atoms with Crippen LogP contribution in [-0.4, -0.2) is 28.0 Å². The van der Waals surface area contributed by atoms with Crippen LogP contribution in [0.5, 0.6) is 0 Å². The molecule has 0 atom stereocenters. The maximum absolute atomic E-state index is 12.2. The minimum Gasteiger partial charge on any atom is -0.448 e. The number of para-hydroxylation sites is 2. The van der Waals surface area contributed by atoms with Crippen molar-refractivity contribution in [1.29, 1.82) is 0 Å². The molecule has 2 aromatic heterocycles. The molecule has 2 heterocycles. The molecule has 150 valence electrons. The van der Waals surface area contributed by atoms with E-state index in [9.17, 15) is 9.59 Å². The largest absolute Gasteiger partial charge is 0.448 e. The Bertz CT molecular complexity index is 1210. The molecule has 30 heavy (non-hydrogen) atoms. The number of hydrogen-bond acceptors (Lipinski definition) is 6. The van der Waals surface area contributed by atoms with Crippen LogP contribution in [-0.2, 0) is 4.79 Å². The number of aromatic amines is 1. The number of imidazole rings is 1. The molecular weight excluding hydrogens is 402 g/mol. The van der Waals surface area contributed by atoms with Gasteiger partial charge in [-0.3, -0.25) is 9.59 Å². The summed E-state index contributed by atoms with van der Waals surface area (Å²) in [6.45, 7) is 1.40. The Labute approximate surface area is 175 Å². The number of carbonyl (C=O) groups is 2. The van der Waals surface area contributed by atoms with Gasteiger partial charge in [-0.2, -0.15) is 5.10 Å². The van der Waals surface area contributed by atoms with E-state index in [-0.39, 0.29) is 5.91 Å². The second-order valence-electron chi connectivity index (χ2n) is 6.28. The number of nitrogens with zero attached hydrogens (tertiary/aromatic N) is 2. The Morgan fingerprint density at radius 3 is 2.83 bits per heavy atom. The highest BCUT2D eigenvalue weighted by atomic mass is 32.2. The lowest BCUT2D eigenvalue weighted by Crippen LogP contribution is -2.18. The Morgan fingerprint density at radius 1 is 1.13 bits per heavy atom. The summed E-state index contributed by atoms with van der Waals surface area (Å²) >= 11 is 1.36. The number of fused-ring (bicyclic) bond motifs is 1. The summed E-state index contributed by atoms with van der Waals surface area (Å²) in [5.41, 5.74) is 5.20. The second kappa shape index (κ2) is 8.66. The summed E-state index contributed by atoms with van der Waals surface area (Å²) in [6.07, 6.45) is 1.41. The number of anilines is 1. The lowest BCUT2D eigenvalue weighted by atomic mass is 10.2. The molecule has 2 amide bonds. The molecule has 0 spiro atoms. The summed E-state index contributed by atoms with van der Waals surface area (Å²) < 4.78 is 5.69. The van der Waals surface area contributed by atoms with Crippen molar-refractivity contribution in [2.75, 3.05) is 5.32 Å². The standard InChI is InChI=1S/C21H17N5O3S/c1-13(27)23-15-6-4-5-14(11-15)20(28)26-22-12-16-9-10-19(29-16)30-21-24-17-7-2-3-8-18(17)25-21/h2-12H,1H3,(H,23,27)(H,24,25)(H,26,28)/b22-12-. The molecule has 0 aliphatic heterocycles. The maximum Gasteiger partial charge on any atom is 0.271 e. The number of hydrogen-bond donors (Lipinski definition) is 3. The van der Waals surface area contributed by atoms with Crippen molar-refractivity contribution in [3.8, 4) is 0 Å². The lowest BCUT2D eigenvalue weighted by Gasteiger charge is -2.04. The number of rotatable bonds is 6. The smallest absolute Gasteiger partial charge is 0.271 e. The van der Waals surface area contributed by atoms with Crippen LogP contribution in [0.3, 0.4) is 0 Å². The van der Waals surface area contributed by atoms with Crippen LogP contribution in [0.1, 0.15) is 23.0 Å². The number of amides is 2. The van der Waals surface area contributed by atoms with Crippen molar-refractivity contribution in [1.82, 2.24) is 15.4 Å². The van der Waals surface area contributed by atoms with Gasteiger partial charge in [0.1, 0.15) is 5.76 Å². The number of hydrazone groups is 1. The Balaban J connectivity index is 1.36. The molecule has 0 saturated carbocycles. The zero-order valence-electron chi connectivity index (χ0n) is 15.9. The maximum atomic E-state index is 12.2. The molecule has 8 nitrogen and oxygen atoms in total. The summed E-state index contributed by atoms with van der Waals surface area (Å²) in [4.78, 5) is 31.1. The van der Waals surface area contributed by atoms with Gasteiger partial charge in [-0.05, 0) is 54.2 Å². The van der Waals surface area contributed by atoms with Gasteiger partial charge in [0.2, 0.25) is 5.91 Å². The molecule has 0 aliphatic rings. The number of nitrogens with one attached hydrogen (secondary N) is 3. The van der Waals surface area contributed by atoms with Crippen molar-refractivity contribution < 1.29 is 14.0 Å². The average Bonchev–Trinajstić information content (AvgIpc) is 3.34. The Morgan fingerprint density at radius 2 is 2.00 bits per heavy atom. The van der Waals surface area contributed by atoms with Crippen LogP contribution in [0.4, 0.5) is 5.69 Å². The van der Waals surface area contributed by atoms with Crippen molar-refractivity contribution in [2.24, 2.45) is 5.10 Å². The van der Waals surface area contributed by atoms with E-state index >= 15 is 0 Å². The molecule has 0 saturated heterocycles. The summed E-state index contributed by atoms with van der Waals surface area (Å²) in [5, 5.41) is 7.92. The minimum atomic E-state index is -0.401. The number of furan rings is 1. The number of carbonyl (C=O) groups excluding carboxylic acids is 2. The number of aromatic nitrogens is 2. The first-order valence-electron chi connectivity index (χ1n) is 9.00. The predicted molar refractivity (Wildman–Crippen MR) is 115 cm³/mol. The third-order valence-electron chi connectivity index (χ3n) is 3.97. The van der Waals surface area contributed by atoms with Gasteiger partial charge in [0, 0.05) is 18.2 Å². The monoisotopic (exact) mass is 419 g/mol. The van der Waals surface area contributed by atoms with E-state index < -0.39 is 5.91 Å². The molecule has 0 bridgehead atoms. The molecule has 4 rings (SSSR count). The van der Waals surface area contributed by atoms with Gasteiger partial charge in [-0.25, -0.2) is 10.4 Å². The lowest BCUT2D eigenvalue weighted by molar-refractivity contribution is -0.114. The summed E-state index contributed by atoms with van der Waals surface area (Å²) in [7, 11) is 0. The summed E-state index contributed by atoms with van der Waals surface area (Å²) in [5.74, 6) is -0.123. The Kier molecular flexibility index (Phi) is 5.62. The normalized spacial score (nSPS) is 11.1. The van der Waals surface area contributed by atoms with E-state index in [1.165, 1.54) is 24.9 Å². The van der Waals surface area contributed by atoms with Gasteiger partial charge in [0.25, 0.3) is 5.91 Å². The molecule has 0 radical (unpaired) electrons. The third-order valence-corrected chi connectivity index (χ3v) is 4.78. The molecule has 0 fully saturated rings. The zero-order valence-corrected chi connectivity index (χ0v) is 16.7. The topological polar surface area (TPSA) is 112 Å². The molecule has 3 N–H and O–H groups in total. The van der Waals surface area contributed by atoms with Crippen LogP contribution >= 0.6 is 11.8 Å². The van der Waals surface area contributed by atoms with E-state index in [4.69, 9.17) is 4.42 Å². The predicted octanol–water partition coefficient (Wildman–Crippen LogP) is 4.03. The van der Waals surface area contributed by atoms with E-state index in [0.717, 1.165) is 16.2 Å². The number of H-pyrrole nitrogens is 1. The molecule has 0 aliphatic carbocycles. The van der Waals surface area contributed by atoms with Gasteiger partial charge in [0.05, 0.1) is 17.2 Å². The zero-order chi connectivity index (χ0) is 20.9. The highest BCUT2D eigenvalue weighted by molar-refractivity contribution is 7.99. The SMILES string of the molecule is CC(=O)Nc1cccc(C(=O)N/N=C\c2ccc(Sc3nc4ccccc4[nH]3)o2)c1. The van der Waals surface area contributed by atoms with E-state index in [1.807, 2.05) is 24.3 Å². The van der Waals surface area contributed by atoms with E-state index in [1.54, 1.807) is 36.4 Å². The average molecular weight is 419 g/mol. The fourth-order valence-corrected chi connectivity index (χ4v) is 3.46. The molecule has 4 aromatic rings. The van der Waals surface area contributed by atoms with Gasteiger partial charge in [0.15, 0.2) is 10.2 Å². The van der Waals surface area contributed by atoms with Gasteiger partial charge in [-0.1, -0.05) is 18.2 Å². The van der Waals surface area contributed by atoms with E-state index in [2.05, 4.69) is 25.8 Å². The Hall–Kier alpha value is -3.85. The molecule has 2 aromatic carbocycles. The van der Waals surface area contributed by atoms with Crippen LogP contribution in [0.25, 0.3) is 11.0 Å². The molecule has 0 unspecified atom stereocenters. The van der Waals surface area contributed by atoms with Gasteiger partial charge < -0.3 is 14.7 Å². The van der Waals surface area contributed by atoms with Gasteiger partial charge >= 0.3 is 0 Å². The molecular formula is C21H17N5O3S. The summed E-state index contributed by atoms with van der Waals surface area (Å²) in [6, 6.07) is 17.9. The van der Waals surface area contributed by atoms with E-state index in [0.29, 0.717) is 22.1 Å². The highest BCUT2D eigenvalue weighted by Gasteiger charge is 2.08. The first-order chi connectivity index (χ1) is 14.6. The first-order valence-corrected chi connectivity index (χ1v) is 9.82. The highest BCUT2D eigenvalue weighted by Crippen LogP contribution is 2.28. The third kappa shape index (κ3) is 4.76. The van der Waals surface area contributed by atoms with Crippen molar-refractivity contribution in [2.45, 2.75) is 17.2 Å². The van der Waals surface area contributed by atoms with Crippen molar-refractivity contribution in [3.05, 3.63) is 72.0 Å². The fraction of sp³-hybridized carbons (Fsp3) is 0.0476. The quantitative estimate of drug-likeness (QED) is 0.323. The molecule has 9 heteroatoms. The van der Waals surface area contributed by atoms with Crippen LogP contribution in [0.2, 0.25) is 0 Å². The second-order valence-corrected chi connectivity index (χ2v) is 7.27. The van der Waals surface area contributed by atoms with Crippen molar-refractivity contribution in [3.63, 3.8) is 0 Å². The minimum absolute atomic E-state index is 0.209. The van der Waals surface area contributed by atoms with Crippen LogP contribution in [0.15, 0.2) is 80.4 Å². The van der Waals surface area contributed by atoms with Gasteiger partial charge in [-0.15, -0.1) is 0 Å². The first kappa shape index (κ1) is 19.5. The van der Waals surface area contributed by atoms with Crippen molar-refractivity contribution >= 4 is 46.5 Å².